The number of nitrogens with two attached hydrogens (primary N) is 1. The normalized spacial score (nSPS) is 24.9. The quantitative estimate of drug-likeness (QED) is 0.435. The molecule has 1 unspecified atom stereocenters. The summed E-state index contributed by atoms with van der Waals surface area (Å²) < 4.78 is 8.06. The summed E-state index contributed by atoms with van der Waals surface area (Å²) in [5.74, 6) is 0.915. The predicted octanol–water partition coefficient (Wildman–Crippen LogP) is 4.62. The van der Waals surface area contributed by atoms with Gasteiger partial charge >= 0.3 is 6.01 Å². The summed E-state index contributed by atoms with van der Waals surface area (Å²) >= 11 is 0. The monoisotopic (exact) mass is 457 g/mol. The minimum Gasteiger partial charge on any atom is -0.460 e. The van der Waals surface area contributed by atoms with Crippen LogP contribution in [-0.4, -0.2) is 36.7 Å². The summed E-state index contributed by atoms with van der Waals surface area (Å²) in [5.41, 5.74) is 10.4. The van der Waals surface area contributed by atoms with Gasteiger partial charge in [-0.1, -0.05) is 32.0 Å². The lowest BCUT2D eigenvalue weighted by Gasteiger charge is -2.56. The van der Waals surface area contributed by atoms with E-state index >= 15 is 0 Å². The molecule has 1 atom stereocenters. The smallest absolute Gasteiger partial charge is 0.322 e. The van der Waals surface area contributed by atoms with Gasteiger partial charge in [-0.05, 0) is 61.6 Å². The summed E-state index contributed by atoms with van der Waals surface area (Å²) in [5, 5.41) is 9.29. The number of nitrogens with one attached hydrogen (secondary N) is 1. The zero-order valence-electron chi connectivity index (χ0n) is 19.9. The highest BCUT2D eigenvalue weighted by Crippen LogP contribution is 2.56. The minimum absolute atomic E-state index is 0.0195. The fourth-order valence-corrected chi connectivity index (χ4v) is 5.73. The molecule has 1 aromatic carbocycles. The van der Waals surface area contributed by atoms with Gasteiger partial charge < -0.3 is 15.8 Å². The summed E-state index contributed by atoms with van der Waals surface area (Å²) in [6.45, 7) is 6.42. The molecule has 2 fully saturated rings. The molecule has 8 heteroatoms. The highest BCUT2D eigenvalue weighted by Gasteiger charge is 2.53. The molecule has 6 rings (SSSR count). The number of pyridine rings is 1. The molecule has 0 aliphatic heterocycles. The number of benzene rings is 1. The Morgan fingerprint density at radius 3 is 2.65 bits per heavy atom. The molecule has 1 spiro atoms. The van der Waals surface area contributed by atoms with Crippen LogP contribution in [0.4, 0.5) is 5.95 Å². The number of anilines is 1. The van der Waals surface area contributed by atoms with E-state index in [9.17, 15) is 0 Å². The molecule has 0 radical (unpaired) electrons. The van der Waals surface area contributed by atoms with Crippen LogP contribution in [0.3, 0.4) is 0 Å². The maximum Gasteiger partial charge on any atom is 0.322 e. The van der Waals surface area contributed by atoms with Gasteiger partial charge in [0.15, 0.2) is 5.65 Å². The van der Waals surface area contributed by atoms with Crippen molar-refractivity contribution in [2.75, 3.05) is 5.32 Å². The number of aromatic nitrogens is 5. The second kappa shape index (κ2) is 7.91. The van der Waals surface area contributed by atoms with E-state index in [1.807, 2.05) is 30.6 Å². The largest absolute Gasteiger partial charge is 0.460 e. The third-order valence-corrected chi connectivity index (χ3v) is 7.47. The van der Waals surface area contributed by atoms with Crippen LogP contribution in [0.5, 0.6) is 6.01 Å². The van der Waals surface area contributed by atoms with Crippen molar-refractivity contribution in [1.29, 1.82) is 0 Å². The van der Waals surface area contributed by atoms with Crippen molar-refractivity contribution in [2.24, 2.45) is 11.1 Å². The van der Waals surface area contributed by atoms with Crippen molar-refractivity contribution in [3.8, 4) is 6.01 Å². The molecule has 0 amide bonds. The van der Waals surface area contributed by atoms with Crippen LogP contribution in [0.2, 0.25) is 0 Å². The number of rotatable bonds is 6. The lowest BCUT2D eigenvalue weighted by molar-refractivity contribution is -0.0810. The van der Waals surface area contributed by atoms with Gasteiger partial charge in [-0.3, -0.25) is 4.98 Å². The van der Waals surface area contributed by atoms with Crippen LogP contribution in [-0.2, 0) is 0 Å². The summed E-state index contributed by atoms with van der Waals surface area (Å²) in [6, 6.07) is 11.0. The van der Waals surface area contributed by atoms with E-state index in [-0.39, 0.29) is 18.1 Å². The predicted molar refractivity (Wildman–Crippen MR) is 132 cm³/mol. The van der Waals surface area contributed by atoms with E-state index in [1.54, 1.807) is 4.52 Å². The van der Waals surface area contributed by atoms with Crippen LogP contribution in [0.15, 0.2) is 42.7 Å². The van der Waals surface area contributed by atoms with Gasteiger partial charge in [0, 0.05) is 23.2 Å². The van der Waals surface area contributed by atoms with E-state index in [2.05, 4.69) is 48.3 Å². The first-order chi connectivity index (χ1) is 16.4. The molecule has 8 nitrogen and oxygen atoms in total. The zero-order chi connectivity index (χ0) is 23.4. The maximum absolute atomic E-state index is 6.27. The van der Waals surface area contributed by atoms with Crippen molar-refractivity contribution < 1.29 is 4.74 Å². The SMILES string of the molecule is CC(C)c1cnn2c(NC(C)c3cccc4ncccc34)nc(OC3CC4(CC(N)C4)C3)nc12. The van der Waals surface area contributed by atoms with Crippen LogP contribution in [0.25, 0.3) is 16.6 Å². The zero-order valence-corrected chi connectivity index (χ0v) is 19.9. The molecular formula is C26H31N7O. The van der Waals surface area contributed by atoms with Gasteiger partial charge in [-0.15, -0.1) is 0 Å². The highest BCUT2D eigenvalue weighted by molar-refractivity contribution is 5.82. The first-order valence-electron chi connectivity index (χ1n) is 12.2. The number of ether oxygens (including phenoxy) is 1. The summed E-state index contributed by atoms with van der Waals surface area (Å²) in [6.07, 6.45) is 8.13. The van der Waals surface area contributed by atoms with Gasteiger partial charge in [0.1, 0.15) is 6.10 Å². The number of hydrogen-bond acceptors (Lipinski definition) is 7. The first-order valence-corrected chi connectivity index (χ1v) is 12.2. The Hall–Kier alpha value is -3.26. The third kappa shape index (κ3) is 3.57. The Morgan fingerprint density at radius 2 is 1.88 bits per heavy atom. The number of fused-ring (bicyclic) bond motifs is 2. The Bertz CT molecular complexity index is 1340. The molecule has 3 N–H and O–H groups in total. The fraction of sp³-hybridized carbons (Fsp3) is 0.462. The molecule has 3 heterocycles. The lowest BCUT2D eigenvalue weighted by atomic mass is 9.53. The number of hydrogen-bond donors (Lipinski definition) is 2. The molecule has 2 aliphatic rings. The van der Waals surface area contributed by atoms with E-state index < -0.39 is 0 Å². The third-order valence-electron chi connectivity index (χ3n) is 7.47. The molecule has 176 valence electrons. The summed E-state index contributed by atoms with van der Waals surface area (Å²) in [4.78, 5) is 14.0. The van der Waals surface area contributed by atoms with Gasteiger partial charge in [0.25, 0.3) is 0 Å². The van der Waals surface area contributed by atoms with Gasteiger partial charge in [0.2, 0.25) is 5.95 Å². The minimum atomic E-state index is -0.0195. The van der Waals surface area contributed by atoms with Gasteiger partial charge in [-0.25, -0.2) is 0 Å². The first kappa shape index (κ1) is 21.3. The second-order valence-corrected chi connectivity index (χ2v) is 10.4. The molecule has 3 aromatic heterocycles. The van der Waals surface area contributed by atoms with E-state index in [0.29, 0.717) is 23.4 Å². The fourth-order valence-electron chi connectivity index (χ4n) is 5.73. The van der Waals surface area contributed by atoms with E-state index in [1.165, 1.54) is 0 Å². The Labute approximate surface area is 199 Å². The van der Waals surface area contributed by atoms with Crippen LogP contribution in [0.1, 0.15) is 69.5 Å². The lowest BCUT2D eigenvalue weighted by Crippen LogP contribution is -2.56. The van der Waals surface area contributed by atoms with Crippen LogP contribution in [0, 0.1) is 5.41 Å². The molecule has 34 heavy (non-hydrogen) atoms. The average Bonchev–Trinajstić information content (AvgIpc) is 3.21. The Morgan fingerprint density at radius 1 is 1.06 bits per heavy atom. The Kier molecular flexibility index (Phi) is 4.95. The average molecular weight is 458 g/mol. The van der Waals surface area contributed by atoms with Crippen molar-refractivity contribution in [3.63, 3.8) is 0 Å². The van der Waals surface area contributed by atoms with Gasteiger partial charge in [-0.2, -0.15) is 19.6 Å². The maximum atomic E-state index is 6.27. The van der Waals surface area contributed by atoms with Crippen molar-refractivity contribution >= 4 is 22.5 Å². The van der Waals surface area contributed by atoms with Crippen molar-refractivity contribution in [2.45, 2.75) is 70.6 Å². The van der Waals surface area contributed by atoms with E-state index in [4.69, 9.17) is 20.4 Å². The topological polar surface area (TPSA) is 103 Å². The van der Waals surface area contributed by atoms with Gasteiger partial charge in [0.05, 0.1) is 17.8 Å². The highest BCUT2D eigenvalue weighted by atomic mass is 16.5. The standard InChI is InChI=1S/C26H31N7O/c1-15(2)21-14-29-33-23(21)31-25(34-18-12-26(13-18)10-17(27)11-26)32-24(33)30-16(3)19-6-4-8-22-20(19)7-5-9-28-22/h4-9,14-18H,10-13,27H2,1-3H3,(H,30,31,32). The molecule has 4 aromatic rings. The molecule has 0 saturated heterocycles. The van der Waals surface area contributed by atoms with Crippen molar-refractivity contribution in [1.82, 2.24) is 24.6 Å². The number of nitrogens with zero attached hydrogens (tertiary/aromatic N) is 5. The van der Waals surface area contributed by atoms with Crippen molar-refractivity contribution in [3.05, 3.63) is 53.9 Å². The van der Waals surface area contributed by atoms with E-state index in [0.717, 1.165) is 53.4 Å². The molecular weight excluding hydrogens is 426 g/mol. The summed E-state index contributed by atoms with van der Waals surface area (Å²) in [7, 11) is 0. The molecule has 2 aliphatic carbocycles. The second-order valence-electron chi connectivity index (χ2n) is 10.4. The molecule has 0 bridgehead atoms. The molecule has 2 saturated carbocycles. The Balaban J connectivity index is 1.32. The van der Waals surface area contributed by atoms with Crippen LogP contribution >= 0.6 is 0 Å². The van der Waals surface area contributed by atoms with Crippen LogP contribution < -0.4 is 15.8 Å².